The number of aromatic nitrogens is 2. The number of pyridine rings is 1. The molecule has 0 amide bonds. The maximum Gasteiger partial charge on any atom is 0.339 e. The van der Waals surface area contributed by atoms with Crippen molar-refractivity contribution in [1.29, 1.82) is 0 Å². The molecule has 3 aliphatic rings. The van der Waals surface area contributed by atoms with Gasteiger partial charge in [-0.1, -0.05) is 29.8 Å². The van der Waals surface area contributed by atoms with Crippen LogP contribution in [0.4, 0.5) is 10.2 Å². The molecular formula is C39H47ClFN3O6. The van der Waals surface area contributed by atoms with Gasteiger partial charge in [0.25, 0.3) is 0 Å². The molecule has 0 spiro atoms. The standard InChI is InChI=1S/C39H47ClFN3O6/c1-23-22-47-18-19-48-39(7)14-16-43(17-15-39)36-31(33(37(45)46-8)50-38(4,5)6)24(2)25(3)35-42-32(34(40)44(35)36)27-11-9-10-26(20-27)29-21-28(41)12-13-30(29)49-23/h9-13,20-21,23,33H,14-19,22H2,1-8H3/t23-,33-/m0/s1. The van der Waals surface area contributed by atoms with Gasteiger partial charge in [-0.3, -0.25) is 4.40 Å². The number of nitrogens with zero attached hydrogens (tertiary/aromatic N) is 3. The molecular weight excluding hydrogens is 661 g/mol. The van der Waals surface area contributed by atoms with Gasteiger partial charge in [-0.25, -0.2) is 14.2 Å². The summed E-state index contributed by atoms with van der Waals surface area (Å²) in [5.74, 6) is 0.395. The van der Waals surface area contributed by atoms with Gasteiger partial charge in [0.1, 0.15) is 40.0 Å². The van der Waals surface area contributed by atoms with Crippen LogP contribution in [0, 0.1) is 19.7 Å². The van der Waals surface area contributed by atoms with Crippen molar-refractivity contribution in [2.45, 2.75) is 84.7 Å². The van der Waals surface area contributed by atoms with Crippen LogP contribution in [0.5, 0.6) is 5.75 Å². The van der Waals surface area contributed by atoms with Crippen molar-refractivity contribution in [3.8, 4) is 28.1 Å². The van der Waals surface area contributed by atoms with Crippen LogP contribution in [0.3, 0.4) is 0 Å². The predicted molar refractivity (Wildman–Crippen MR) is 193 cm³/mol. The highest BCUT2D eigenvalue weighted by Gasteiger charge is 2.39. The van der Waals surface area contributed by atoms with E-state index in [1.807, 2.05) is 70.2 Å². The Bertz CT molecular complexity index is 1900. The molecule has 7 rings (SSSR count). The minimum Gasteiger partial charge on any atom is -0.488 e. The van der Waals surface area contributed by atoms with E-state index < -0.39 is 17.7 Å². The zero-order valence-electron chi connectivity index (χ0n) is 30.2. The van der Waals surface area contributed by atoms with Crippen LogP contribution in [0.25, 0.3) is 28.0 Å². The molecule has 1 saturated heterocycles. The number of imidazole rings is 1. The van der Waals surface area contributed by atoms with Crippen LogP contribution < -0.4 is 9.64 Å². The highest BCUT2D eigenvalue weighted by molar-refractivity contribution is 6.32. The molecule has 268 valence electrons. The van der Waals surface area contributed by atoms with E-state index in [9.17, 15) is 9.18 Å². The first-order valence-corrected chi connectivity index (χ1v) is 17.6. The fraction of sp³-hybridized carbons (Fsp3) is 0.487. The molecule has 2 atom stereocenters. The van der Waals surface area contributed by atoms with E-state index in [2.05, 4.69) is 11.8 Å². The summed E-state index contributed by atoms with van der Waals surface area (Å²) in [5.41, 5.74) is 4.69. The molecule has 0 N–H and O–H groups in total. The summed E-state index contributed by atoms with van der Waals surface area (Å²) in [7, 11) is 1.37. The molecule has 0 saturated carbocycles. The largest absolute Gasteiger partial charge is 0.488 e. The molecule has 0 radical (unpaired) electrons. The Labute approximate surface area is 298 Å². The lowest BCUT2D eigenvalue weighted by Gasteiger charge is -2.42. The first kappa shape index (κ1) is 36.1. The predicted octanol–water partition coefficient (Wildman–Crippen LogP) is 8.28. The second kappa shape index (κ2) is 14.1. The topological polar surface area (TPSA) is 83.8 Å². The number of benzene rings is 2. The number of hydrogen-bond donors (Lipinski definition) is 0. The normalized spacial score (nSPS) is 20.8. The fourth-order valence-electron chi connectivity index (χ4n) is 6.85. The number of anilines is 1. The summed E-state index contributed by atoms with van der Waals surface area (Å²) in [4.78, 5) is 21.0. The van der Waals surface area contributed by atoms with E-state index in [4.69, 9.17) is 40.3 Å². The molecule has 0 aliphatic carbocycles. The molecule has 5 heterocycles. The van der Waals surface area contributed by atoms with E-state index in [1.54, 1.807) is 6.07 Å². The number of methoxy groups -OCH3 is 1. The minimum absolute atomic E-state index is 0.283. The number of hydrogen-bond acceptors (Lipinski definition) is 8. The lowest BCUT2D eigenvalue weighted by atomic mass is 9.92. The summed E-state index contributed by atoms with van der Waals surface area (Å²) >= 11 is 7.41. The second-order valence-electron chi connectivity index (χ2n) is 14.5. The monoisotopic (exact) mass is 707 g/mol. The van der Waals surface area contributed by atoms with Gasteiger partial charge in [0.15, 0.2) is 6.10 Å². The van der Waals surface area contributed by atoms with Gasteiger partial charge in [0, 0.05) is 29.8 Å². The lowest BCUT2D eigenvalue weighted by Crippen LogP contribution is -2.46. The zero-order chi connectivity index (χ0) is 36.0. The van der Waals surface area contributed by atoms with Gasteiger partial charge in [-0.05, 0) is 102 Å². The Morgan fingerprint density at radius 2 is 1.80 bits per heavy atom. The van der Waals surface area contributed by atoms with Crippen LogP contribution in [-0.2, 0) is 23.7 Å². The SMILES string of the molecule is COC(=O)[C@@H](OC(C)(C)C)c1c(C)c(C)c2nc3c(Cl)n2c1N1CCC(C)(CC1)OCCOC[C@H](C)Oc1ccc(F)cc1-c1cccc-3c1. The highest BCUT2D eigenvalue weighted by atomic mass is 35.5. The van der Waals surface area contributed by atoms with E-state index >= 15 is 0 Å². The van der Waals surface area contributed by atoms with Crippen molar-refractivity contribution >= 4 is 29.0 Å². The smallest absolute Gasteiger partial charge is 0.339 e. The number of aryl methyl sites for hydroxylation is 1. The molecule has 11 heteroatoms. The summed E-state index contributed by atoms with van der Waals surface area (Å²) in [6.07, 6.45) is 0.162. The van der Waals surface area contributed by atoms with Crippen molar-refractivity contribution in [1.82, 2.24) is 9.38 Å². The van der Waals surface area contributed by atoms with Crippen molar-refractivity contribution in [2.24, 2.45) is 0 Å². The maximum absolute atomic E-state index is 14.7. The van der Waals surface area contributed by atoms with E-state index in [0.29, 0.717) is 66.3 Å². The Morgan fingerprint density at radius 3 is 2.50 bits per heavy atom. The Kier molecular flexibility index (Phi) is 10.2. The second-order valence-corrected chi connectivity index (χ2v) is 14.9. The molecule has 2 aromatic carbocycles. The van der Waals surface area contributed by atoms with Gasteiger partial charge >= 0.3 is 5.97 Å². The summed E-state index contributed by atoms with van der Waals surface area (Å²) in [6.45, 7) is 16.2. The van der Waals surface area contributed by atoms with Crippen molar-refractivity contribution < 1.29 is 32.9 Å². The summed E-state index contributed by atoms with van der Waals surface area (Å²) < 4.78 is 47.1. The maximum atomic E-state index is 14.7. The summed E-state index contributed by atoms with van der Waals surface area (Å²) in [5, 5.41) is 0.386. The van der Waals surface area contributed by atoms with E-state index in [0.717, 1.165) is 40.9 Å². The fourth-order valence-corrected chi connectivity index (χ4v) is 7.16. The number of esters is 1. The molecule has 1 fully saturated rings. The van der Waals surface area contributed by atoms with Crippen LogP contribution in [-0.4, -0.2) is 72.7 Å². The Morgan fingerprint density at radius 1 is 1.08 bits per heavy atom. The van der Waals surface area contributed by atoms with Crippen molar-refractivity contribution in [3.05, 3.63) is 70.1 Å². The first-order chi connectivity index (χ1) is 23.7. The molecule has 2 aromatic heterocycles. The molecule has 0 unspecified atom stereocenters. The third kappa shape index (κ3) is 7.21. The van der Waals surface area contributed by atoms with Crippen molar-refractivity contribution in [2.75, 3.05) is 44.9 Å². The molecule has 6 bridgehead atoms. The summed E-state index contributed by atoms with van der Waals surface area (Å²) in [6, 6.07) is 12.2. The molecule has 50 heavy (non-hydrogen) atoms. The van der Waals surface area contributed by atoms with Gasteiger partial charge in [0.2, 0.25) is 0 Å². The number of ether oxygens (including phenoxy) is 5. The average Bonchev–Trinajstić information content (AvgIpc) is 3.42. The van der Waals surface area contributed by atoms with E-state index in [-0.39, 0.29) is 17.5 Å². The number of carbonyl (C=O) groups is 1. The average molecular weight is 708 g/mol. The van der Waals surface area contributed by atoms with Crippen LogP contribution in [0.2, 0.25) is 5.15 Å². The third-order valence-corrected chi connectivity index (χ3v) is 9.94. The quantitative estimate of drug-likeness (QED) is 0.155. The first-order valence-electron chi connectivity index (χ1n) is 17.2. The molecule has 9 nitrogen and oxygen atoms in total. The number of carbonyl (C=O) groups excluding carboxylic acids is 1. The number of fused-ring (bicyclic) bond motifs is 8. The van der Waals surface area contributed by atoms with Crippen molar-refractivity contribution in [3.63, 3.8) is 0 Å². The van der Waals surface area contributed by atoms with Crippen LogP contribution in [0.1, 0.15) is 70.3 Å². The minimum atomic E-state index is -1.02. The van der Waals surface area contributed by atoms with E-state index in [1.165, 1.54) is 19.2 Å². The van der Waals surface area contributed by atoms with Gasteiger partial charge in [-0.15, -0.1) is 0 Å². The highest BCUT2D eigenvalue weighted by Crippen LogP contribution is 2.44. The Hall–Kier alpha value is -3.70. The van der Waals surface area contributed by atoms with Gasteiger partial charge in [-0.2, -0.15) is 0 Å². The number of piperidine rings is 1. The van der Waals surface area contributed by atoms with Crippen LogP contribution in [0.15, 0.2) is 42.5 Å². The Balaban J connectivity index is 1.61. The zero-order valence-corrected chi connectivity index (χ0v) is 30.9. The van der Waals surface area contributed by atoms with Gasteiger partial charge in [0.05, 0.1) is 38.1 Å². The lowest BCUT2D eigenvalue weighted by molar-refractivity contribution is -0.164. The molecule has 3 aliphatic heterocycles. The van der Waals surface area contributed by atoms with Crippen LogP contribution >= 0.6 is 11.6 Å². The number of halogens is 2. The molecule has 4 aromatic rings. The van der Waals surface area contributed by atoms with Gasteiger partial charge < -0.3 is 28.6 Å². The number of rotatable bonds is 3. The third-order valence-electron chi connectivity index (χ3n) is 9.59.